The van der Waals surface area contributed by atoms with Gasteiger partial charge in [-0.3, -0.25) is 9.59 Å². The van der Waals surface area contributed by atoms with Crippen molar-refractivity contribution in [1.29, 1.82) is 0 Å². The van der Waals surface area contributed by atoms with Gasteiger partial charge in [-0.15, -0.1) is 11.8 Å². The summed E-state index contributed by atoms with van der Waals surface area (Å²) in [5.74, 6) is -1.34. The molecule has 1 aromatic rings. The summed E-state index contributed by atoms with van der Waals surface area (Å²) in [6.07, 6.45) is 0. The van der Waals surface area contributed by atoms with Gasteiger partial charge in [-0.25, -0.2) is 4.79 Å². The molecule has 1 aliphatic rings. The number of carbonyl (C=O) groups is 3. The lowest BCUT2D eigenvalue weighted by molar-refractivity contribution is -0.141. The van der Waals surface area contributed by atoms with Crippen LogP contribution in [-0.2, 0) is 19.1 Å². The molecule has 2 rings (SSSR count). The average molecular weight is 352 g/mol. The second-order valence-electron chi connectivity index (χ2n) is 5.24. The van der Waals surface area contributed by atoms with E-state index in [1.165, 1.54) is 11.8 Å². The first-order chi connectivity index (χ1) is 11.6. The minimum atomic E-state index is -1.12. The lowest BCUT2D eigenvalue weighted by Gasteiger charge is -2.26. The number of thioether (sulfide) groups is 1. The fourth-order valence-corrected chi connectivity index (χ4v) is 3.00. The first-order valence-corrected chi connectivity index (χ1v) is 8.74. The Morgan fingerprint density at radius 1 is 1.17 bits per heavy atom. The highest BCUT2D eigenvalue weighted by atomic mass is 32.2. The predicted molar refractivity (Wildman–Crippen MR) is 89.7 cm³/mol. The summed E-state index contributed by atoms with van der Waals surface area (Å²) in [6.45, 7) is 2.21. The van der Waals surface area contributed by atoms with Crippen LogP contribution in [0.15, 0.2) is 30.3 Å². The molecule has 2 N–H and O–H groups in total. The number of ether oxygens (including phenoxy) is 1. The largest absolute Gasteiger partial charge is 0.479 e. The van der Waals surface area contributed by atoms with E-state index in [-0.39, 0.29) is 17.4 Å². The van der Waals surface area contributed by atoms with Crippen LogP contribution in [0.3, 0.4) is 0 Å². The molecule has 0 aliphatic carbocycles. The maximum absolute atomic E-state index is 12.0. The lowest BCUT2D eigenvalue weighted by atomic mass is 10.1. The lowest BCUT2D eigenvalue weighted by Crippen LogP contribution is -2.42. The first kappa shape index (κ1) is 18.3. The predicted octanol–water partition coefficient (Wildman–Crippen LogP) is 0.521. The molecule has 24 heavy (non-hydrogen) atoms. The summed E-state index contributed by atoms with van der Waals surface area (Å²) in [7, 11) is 0. The van der Waals surface area contributed by atoms with Crippen molar-refractivity contribution >= 4 is 29.5 Å². The number of nitrogens with zero attached hydrogens (tertiary/aromatic N) is 1. The van der Waals surface area contributed by atoms with E-state index in [1.54, 1.807) is 35.2 Å². The Labute approximate surface area is 144 Å². The summed E-state index contributed by atoms with van der Waals surface area (Å²) in [5, 5.41) is 11.7. The highest BCUT2D eigenvalue weighted by Crippen LogP contribution is 2.13. The second kappa shape index (κ2) is 9.29. The minimum Gasteiger partial charge on any atom is -0.479 e. The van der Waals surface area contributed by atoms with Crippen molar-refractivity contribution in [3.8, 4) is 0 Å². The molecule has 1 saturated heterocycles. The Morgan fingerprint density at radius 3 is 2.46 bits per heavy atom. The van der Waals surface area contributed by atoms with Crippen LogP contribution in [-0.4, -0.2) is 65.6 Å². The van der Waals surface area contributed by atoms with Gasteiger partial charge in [0, 0.05) is 13.1 Å². The first-order valence-electron chi connectivity index (χ1n) is 7.58. The fraction of sp³-hybridized carbons (Fsp3) is 0.438. The Balaban J connectivity index is 1.77. The van der Waals surface area contributed by atoms with Gasteiger partial charge in [-0.2, -0.15) is 0 Å². The second-order valence-corrected chi connectivity index (χ2v) is 6.22. The minimum absolute atomic E-state index is 0.0334. The third kappa shape index (κ3) is 5.54. The van der Waals surface area contributed by atoms with E-state index >= 15 is 0 Å². The van der Waals surface area contributed by atoms with Gasteiger partial charge in [-0.05, 0) is 5.56 Å². The summed E-state index contributed by atoms with van der Waals surface area (Å²) >= 11 is 1.18. The summed E-state index contributed by atoms with van der Waals surface area (Å²) in [5.41, 5.74) is 0.507. The van der Waals surface area contributed by atoms with Crippen LogP contribution in [0.2, 0.25) is 0 Å². The molecule has 0 spiro atoms. The summed E-state index contributed by atoms with van der Waals surface area (Å²) in [4.78, 5) is 36.9. The van der Waals surface area contributed by atoms with Crippen molar-refractivity contribution < 1.29 is 24.2 Å². The van der Waals surface area contributed by atoms with E-state index in [1.807, 2.05) is 0 Å². The molecule has 0 bridgehead atoms. The van der Waals surface area contributed by atoms with Gasteiger partial charge in [0.25, 0.3) is 0 Å². The number of benzene rings is 1. The third-order valence-corrected chi connectivity index (χ3v) is 4.43. The van der Waals surface area contributed by atoms with Gasteiger partial charge in [0.15, 0.2) is 6.04 Å². The van der Waals surface area contributed by atoms with Gasteiger partial charge in [0.2, 0.25) is 11.8 Å². The topological polar surface area (TPSA) is 95.9 Å². The number of carboxylic acid groups (broad SMARTS) is 1. The van der Waals surface area contributed by atoms with Crippen LogP contribution in [0.1, 0.15) is 11.6 Å². The molecule has 0 aromatic heterocycles. The van der Waals surface area contributed by atoms with Crippen molar-refractivity contribution in [2.24, 2.45) is 0 Å². The molecular formula is C16H20N2O5S. The van der Waals surface area contributed by atoms with Gasteiger partial charge in [0.1, 0.15) is 0 Å². The van der Waals surface area contributed by atoms with Crippen LogP contribution < -0.4 is 5.32 Å². The van der Waals surface area contributed by atoms with E-state index in [9.17, 15) is 19.5 Å². The van der Waals surface area contributed by atoms with Crippen molar-refractivity contribution in [3.05, 3.63) is 35.9 Å². The smallest absolute Gasteiger partial charge is 0.330 e. The molecule has 1 atom stereocenters. The van der Waals surface area contributed by atoms with Gasteiger partial charge >= 0.3 is 5.97 Å². The number of amides is 2. The maximum atomic E-state index is 12.0. The molecule has 1 heterocycles. The zero-order valence-electron chi connectivity index (χ0n) is 13.1. The number of carbonyl (C=O) groups excluding carboxylic acids is 2. The van der Waals surface area contributed by atoms with Crippen LogP contribution in [0.5, 0.6) is 0 Å². The summed E-state index contributed by atoms with van der Waals surface area (Å²) in [6, 6.07) is 7.41. The van der Waals surface area contributed by atoms with Crippen molar-refractivity contribution in [2.45, 2.75) is 6.04 Å². The molecule has 7 nitrogen and oxygen atoms in total. The zero-order chi connectivity index (χ0) is 17.4. The third-order valence-electron chi connectivity index (χ3n) is 3.51. The normalized spacial score (nSPS) is 15.6. The molecule has 1 fully saturated rings. The van der Waals surface area contributed by atoms with Crippen LogP contribution in [0.25, 0.3) is 0 Å². The quantitative estimate of drug-likeness (QED) is 0.743. The van der Waals surface area contributed by atoms with Crippen LogP contribution in [0, 0.1) is 0 Å². The number of carboxylic acids is 1. The molecule has 2 amide bonds. The highest BCUT2D eigenvalue weighted by Gasteiger charge is 2.22. The maximum Gasteiger partial charge on any atom is 0.330 e. The number of rotatable bonds is 7. The Kier molecular flexibility index (Phi) is 7.07. The molecule has 130 valence electrons. The fourth-order valence-electron chi connectivity index (χ4n) is 2.27. The SMILES string of the molecule is O=C(CSCC(=O)N1CCOCC1)N[C@H](C(=O)O)c1ccccc1. The highest BCUT2D eigenvalue weighted by molar-refractivity contribution is 8.00. The monoisotopic (exact) mass is 352 g/mol. The van der Waals surface area contributed by atoms with E-state index in [0.29, 0.717) is 31.9 Å². The van der Waals surface area contributed by atoms with Crippen LogP contribution in [0.4, 0.5) is 0 Å². The van der Waals surface area contributed by atoms with Crippen molar-refractivity contribution in [1.82, 2.24) is 10.2 Å². The molecule has 1 aromatic carbocycles. The number of nitrogens with one attached hydrogen (secondary N) is 1. The summed E-state index contributed by atoms with van der Waals surface area (Å²) < 4.78 is 5.18. The Bertz CT molecular complexity index is 575. The number of hydrogen-bond donors (Lipinski definition) is 2. The van der Waals surface area contributed by atoms with Crippen LogP contribution >= 0.6 is 11.8 Å². The Morgan fingerprint density at radius 2 is 1.83 bits per heavy atom. The number of morpholine rings is 1. The van der Waals surface area contributed by atoms with E-state index in [2.05, 4.69) is 5.32 Å². The standard InChI is InChI=1S/C16H20N2O5S/c19-13(10-24-11-14(20)18-6-8-23-9-7-18)17-15(16(21)22)12-4-2-1-3-5-12/h1-5,15H,6-11H2,(H,17,19)(H,21,22)/t15-/m0/s1. The van der Waals surface area contributed by atoms with Gasteiger partial charge < -0.3 is 20.1 Å². The van der Waals surface area contributed by atoms with E-state index in [4.69, 9.17) is 4.74 Å². The average Bonchev–Trinajstić information content (AvgIpc) is 2.61. The molecule has 0 radical (unpaired) electrons. The van der Waals surface area contributed by atoms with E-state index < -0.39 is 17.9 Å². The molecule has 1 aliphatic heterocycles. The van der Waals surface area contributed by atoms with E-state index in [0.717, 1.165) is 0 Å². The number of hydrogen-bond acceptors (Lipinski definition) is 5. The molecule has 0 unspecified atom stereocenters. The van der Waals surface area contributed by atoms with Gasteiger partial charge in [0.05, 0.1) is 24.7 Å². The van der Waals surface area contributed by atoms with Gasteiger partial charge in [-0.1, -0.05) is 30.3 Å². The molecule has 8 heteroatoms. The van der Waals surface area contributed by atoms with Crippen molar-refractivity contribution in [3.63, 3.8) is 0 Å². The number of aliphatic carboxylic acids is 1. The van der Waals surface area contributed by atoms with Crippen molar-refractivity contribution in [2.75, 3.05) is 37.8 Å². The molecule has 0 saturated carbocycles. The molecular weight excluding hydrogens is 332 g/mol. The zero-order valence-corrected chi connectivity index (χ0v) is 14.0. The Hall–Kier alpha value is -2.06.